The summed E-state index contributed by atoms with van der Waals surface area (Å²) in [5.74, 6) is 0.705. The minimum absolute atomic E-state index is 0.346. The molecule has 2 aromatic rings. The quantitative estimate of drug-likeness (QED) is 0.825. The SMILES string of the molecule is CC1=CC(c2cn(-c3ccccn3)nn2)=C(C)CN1C(=O)OC(C)(C)C. The number of carbonyl (C=O) groups excluding carboxylic acids is 1. The average Bonchev–Trinajstić information content (AvgIpc) is 3.05. The zero-order chi connectivity index (χ0) is 18.9. The number of pyridine rings is 1. The second-order valence-corrected chi connectivity index (χ2v) is 7.28. The van der Waals surface area contributed by atoms with Crippen LogP contribution in [0.5, 0.6) is 0 Å². The smallest absolute Gasteiger partial charge is 0.414 e. The fourth-order valence-corrected chi connectivity index (χ4v) is 2.66. The minimum atomic E-state index is -0.527. The number of carbonyl (C=O) groups is 1. The second kappa shape index (κ2) is 6.74. The summed E-state index contributed by atoms with van der Waals surface area (Å²) in [6.07, 6.45) is 5.15. The van der Waals surface area contributed by atoms with E-state index in [0.29, 0.717) is 12.4 Å². The summed E-state index contributed by atoms with van der Waals surface area (Å²) in [4.78, 5) is 18.3. The average molecular weight is 353 g/mol. The Hall–Kier alpha value is -2.96. The van der Waals surface area contributed by atoms with Gasteiger partial charge in [-0.2, -0.15) is 0 Å². The number of amides is 1. The highest BCUT2D eigenvalue weighted by atomic mass is 16.6. The van der Waals surface area contributed by atoms with Gasteiger partial charge in [0.1, 0.15) is 11.3 Å². The highest BCUT2D eigenvalue weighted by Gasteiger charge is 2.27. The monoisotopic (exact) mass is 353 g/mol. The number of hydrogen-bond donors (Lipinski definition) is 0. The predicted molar refractivity (Wildman–Crippen MR) is 98.4 cm³/mol. The van der Waals surface area contributed by atoms with E-state index >= 15 is 0 Å². The lowest BCUT2D eigenvalue weighted by Gasteiger charge is -2.31. The Morgan fingerprint density at radius 2 is 2.00 bits per heavy atom. The van der Waals surface area contributed by atoms with Crippen LogP contribution in [0.2, 0.25) is 0 Å². The van der Waals surface area contributed by atoms with E-state index in [1.54, 1.807) is 15.8 Å². The molecule has 0 bridgehead atoms. The van der Waals surface area contributed by atoms with Crippen LogP contribution in [0, 0.1) is 0 Å². The van der Waals surface area contributed by atoms with Gasteiger partial charge in [0, 0.05) is 17.5 Å². The van der Waals surface area contributed by atoms with E-state index in [1.165, 1.54) is 0 Å². The molecule has 0 saturated heterocycles. The van der Waals surface area contributed by atoms with Crippen LogP contribution in [0.1, 0.15) is 40.3 Å². The molecule has 0 aliphatic carbocycles. The van der Waals surface area contributed by atoms with Crippen molar-refractivity contribution in [3.63, 3.8) is 0 Å². The standard InChI is InChI=1S/C19H23N5O2/c1-13-11-23(18(25)26-19(3,4)5)14(2)10-15(13)16-12-24(22-21-16)17-8-6-7-9-20-17/h6-10,12H,11H2,1-5H3. The summed E-state index contributed by atoms with van der Waals surface area (Å²) in [6.45, 7) is 9.91. The van der Waals surface area contributed by atoms with Crippen molar-refractivity contribution in [2.75, 3.05) is 6.54 Å². The summed E-state index contributed by atoms with van der Waals surface area (Å²) in [5, 5.41) is 8.43. The molecule has 0 fully saturated rings. The number of allylic oxidation sites excluding steroid dienone is 3. The molecule has 3 rings (SSSR count). The second-order valence-electron chi connectivity index (χ2n) is 7.28. The first-order chi connectivity index (χ1) is 12.2. The van der Waals surface area contributed by atoms with Crippen molar-refractivity contribution in [1.82, 2.24) is 24.9 Å². The van der Waals surface area contributed by atoms with Crippen LogP contribution < -0.4 is 0 Å². The lowest BCUT2D eigenvalue weighted by molar-refractivity contribution is 0.0326. The van der Waals surface area contributed by atoms with Gasteiger partial charge in [-0.05, 0) is 58.4 Å². The maximum atomic E-state index is 12.4. The minimum Gasteiger partial charge on any atom is -0.443 e. The maximum absolute atomic E-state index is 12.4. The van der Waals surface area contributed by atoms with E-state index in [9.17, 15) is 4.79 Å². The van der Waals surface area contributed by atoms with Crippen LogP contribution in [-0.2, 0) is 4.74 Å². The molecule has 1 aliphatic heterocycles. The predicted octanol–water partition coefficient (Wildman–Crippen LogP) is 3.59. The number of nitrogens with zero attached hydrogens (tertiary/aromatic N) is 5. The van der Waals surface area contributed by atoms with Crippen molar-refractivity contribution in [1.29, 1.82) is 0 Å². The van der Waals surface area contributed by atoms with E-state index in [-0.39, 0.29) is 6.09 Å². The Morgan fingerprint density at radius 3 is 2.65 bits per heavy atom. The van der Waals surface area contributed by atoms with Crippen molar-refractivity contribution < 1.29 is 9.53 Å². The molecule has 2 aromatic heterocycles. The highest BCUT2D eigenvalue weighted by Crippen LogP contribution is 2.28. The highest BCUT2D eigenvalue weighted by molar-refractivity contribution is 5.80. The number of ether oxygens (including phenoxy) is 1. The van der Waals surface area contributed by atoms with Crippen molar-refractivity contribution in [3.8, 4) is 5.82 Å². The van der Waals surface area contributed by atoms with Gasteiger partial charge in [-0.25, -0.2) is 14.5 Å². The van der Waals surface area contributed by atoms with Crippen molar-refractivity contribution in [2.45, 2.75) is 40.2 Å². The zero-order valence-electron chi connectivity index (χ0n) is 15.7. The summed E-state index contributed by atoms with van der Waals surface area (Å²) < 4.78 is 7.12. The lowest BCUT2D eigenvalue weighted by Crippen LogP contribution is -2.38. The third kappa shape index (κ3) is 3.82. The summed E-state index contributed by atoms with van der Waals surface area (Å²) in [5.41, 5.74) is 3.02. The van der Waals surface area contributed by atoms with Gasteiger partial charge in [-0.1, -0.05) is 11.3 Å². The third-order valence-corrected chi connectivity index (χ3v) is 3.90. The largest absolute Gasteiger partial charge is 0.443 e. The van der Waals surface area contributed by atoms with Crippen LogP contribution in [0.25, 0.3) is 11.4 Å². The number of hydrogen-bond acceptors (Lipinski definition) is 5. The van der Waals surface area contributed by atoms with Crippen molar-refractivity contribution in [2.24, 2.45) is 0 Å². The summed E-state index contributed by atoms with van der Waals surface area (Å²) in [6, 6.07) is 5.62. The fourth-order valence-electron chi connectivity index (χ4n) is 2.66. The van der Waals surface area contributed by atoms with Crippen LogP contribution in [-0.4, -0.2) is 43.1 Å². The van der Waals surface area contributed by atoms with Crippen molar-refractivity contribution >= 4 is 11.7 Å². The normalized spacial score (nSPS) is 15.1. The fraction of sp³-hybridized carbons (Fsp3) is 0.368. The Labute approximate surface area is 153 Å². The molecule has 136 valence electrons. The van der Waals surface area contributed by atoms with E-state index in [0.717, 1.165) is 22.5 Å². The Balaban J connectivity index is 1.84. The van der Waals surface area contributed by atoms with Crippen LogP contribution in [0.3, 0.4) is 0 Å². The molecule has 0 aromatic carbocycles. The van der Waals surface area contributed by atoms with E-state index < -0.39 is 5.60 Å². The molecule has 0 atom stereocenters. The molecular weight excluding hydrogens is 330 g/mol. The first kappa shape index (κ1) is 17.8. The topological polar surface area (TPSA) is 73.1 Å². The molecule has 26 heavy (non-hydrogen) atoms. The van der Waals surface area contributed by atoms with Crippen molar-refractivity contribution in [3.05, 3.63) is 53.6 Å². The first-order valence-electron chi connectivity index (χ1n) is 8.47. The molecule has 0 radical (unpaired) electrons. The molecule has 1 amide bonds. The molecule has 1 aliphatic rings. The van der Waals surface area contributed by atoms with Crippen LogP contribution in [0.4, 0.5) is 4.79 Å². The lowest BCUT2D eigenvalue weighted by atomic mass is 10.0. The molecule has 7 heteroatoms. The van der Waals surface area contributed by atoms with Gasteiger partial charge in [-0.3, -0.25) is 4.90 Å². The molecule has 0 unspecified atom stereocenters. The first-order valence-corrected chi connectivity index (χ1v) is 8.47. The van der Waals surface area contributed by atoms with Gasteiger partial charge in [0.2, 0.25) is 0 Å². The van der Waals surface area contributed by atoms with Gasteiger partial charge in [0.15, 0.2) is 5.82 Å². The summed E-state index contributed by atoms with van der Waals surface area (Å²) >= 11 is 0. The van der Waals surface area contributed by atoms with Gasteiger partial charge < -0.3 is 4.74 Å². The maximum Gasteiger partial charge on any atom is 0.414 e. The number of aromatic nitrogens is 4. The zero-order valence-corrected chi connectivity index (χ0v) is 15.7. The summed E-state index contributed by atoms with van der Waals surface area (Å²) in [7, 11) is 0. The van der Waals surface area contributed by atoms with Gasteiger partial charge in [0.05, 0.1) is 12.7 Å². The molecular formula is C19H23N5O2. The molecule has 0 saturated carbocycles. The van der Waals surface area contributed by atoms with Gasteiger partial charge in [-0.15, -0.1) is 5.10 Å². The van der Waals surface area contributed by atoms with Crippen LogP contribution in [0.15, 0.2) is 47.9 Å². The number of rotatable bonds is 2. The molecule has 3 heterocycles. The van der Waals surface area contributed by atoms with E-state index in [4.69, 9.17) is 4.74 Å². The third-order valence-electron chi connectivity index (χ3n) is 3.90. The van der Waals surface area contributed by atoms with Gasteiger partial charge in [0.25, 0.3) is 0 Å². The Bertz CT molecular complexity index is 875. The van der Waals surface area contributed by atoms with E-state index in [2.05, 4.69) is 15.3 Å². The molecule has 0 spiro atoms. The Kier molecular flexibility index (Phi) is 4.63. The molecule has 0 N–H and O–H groups in total. The van der Waals surface area contributed by atoms with Crippen LogP contribution >= 0.6 is 0 Å². The van der Waals surface area contributed by atoms with E-state index in [1.807, 2.05) is 65.1 Å². The molecule has 7 nitrogen and oxygen atoms in total. The Morgan fingerprint density at radius 1 is 1.23 bits per heavy atom. The van der Waals surface area contributed by atoms with Gasteiger partial charge >= 0.3 is 6.09 Å².